The molecule has 0 spiro atoms. The first kappa shape index (κ1) is 9.12. The van der Waals surface area contributed by atoms with Crippen molar-refractivity contribution in [3.8, 4) is 0 Å². The molecule has 0 bridgehead atoms. The summed E-state index contributed by atoms with van der Waals surface area (Å²) in [5, 5.41) is 8.16. The SMILES string of the molecule is O=C(O)C(F)(F)C1=CCOCC1. The van der Waals surface area contributed by atoms with Crippen molar-refractivity contribution in [3.05, 3.63) is 11.6 Å². The third-order valence-electron chi connectivity index (χ3n) is 1.64. The maximum atomic E-state index is 12.7. The standard InChI is InChI=1S/C7H8F2O3/c8-7(9,6(10)11)5-1-3-12-4-2-5/h1H,2-4H2,(H,10,11). The number of aliphatic carboxylic acids is 1. The highest BCUT2D eigenvalue weighted by molar-refractivity contribution is 5.79. The summed E-state index contributed by atoms with van der Waals surface area (Å²) in [5.41, 5.74) is -0.360. The molecule has 0 aromatic heterocycles. The lowest BCUT2D eigenvalue weighted by atomic mass is 10.0. The average molecular weight is 178 g/mol. The summed E-state index contributed by atoms with van der Waals surface area (Å²) in [4.78, 5) is 10.1. The van der Waals surface area contributed by atoms with E-state index in [0.29, 0.717) is 0 Å². The van der Waals surface area contributed by atoms with Crippen LogP contribution in [0.15, 0.2) is 11.6 Å². The van der Waals surface area contributed by atoms with Gasteiger partial charge in [0.25, 0.3) is 0 Å². The van der Waals surface area contributed by atoms with E-state index < -0.39 is 11.9 Å². The summed E-state index contributed by atoms with van der Waals surface area (Å²) in [6.07, 6.45) is 1.11. The number of rotatable bonds is 2. The number of hydrogen-bond acceptors (Lipinski definition) is 2. The van der Waals surface area contributed by atoms with Gasteiger partial charge in [-0.1, -0.05) is 6.08 Å². The molecule has 1 rings (SSSR count). The van der Waals surface area contributed by atoms with Crippen LogP contribution in [0, 0.1) is 0 Å². The van der Waals surface area contributed by atoms with Crippen LogP contribution in [0.1, 0.15) is 6.42 Å². The lowest BCUT2D eigenvalue weighted by molar-refractivity contribution is -0.160. The molecule has 0 aromatic carbocycles. The normalized spacial score (nSPS) is 18.7. The largest absolute Gasteiger partial charge is 0.477 e. The molecule has 0 saturated heterocycles. The van der Waals surface area contributed by atoms with Gasteiger partial charge in [-0.15, -0.1) is 0 Å². The number of alkyl halides is 2. The monoisotopic (exact) mass is 178 g/mol. The Morgan fingerprint density at radius 3 is 2.75 bits per heavy atom. The molecule has 0 fully saturated rings. The molecule has 3 nitrogen and oxygen atoms in total. The van der Waals surface area contributed by atoms with Crippen molar-refractivity contribution in [1.82, 2.24) is 0 Å². The molecule has 1 N–H and O–H groups in total. The van der Waals surface area contributed by atoms with Crippen molar-refractivity contribution < 1.29 is 23.4 Å². The van der Waals surface area contributed by atoms with Gasteiger partial charge in [0.05, 0.1) is 13.2 Å². The highest BCUT2D eigenvalue weighted by atomic mass is 19.3. The zero-order valence-electron chi connectivity index (χ0n) is 6.22. The first-order valence-corrected chi connectivity index (χ1v) is 3.43. The van der Waals surface area contributed by atoms with Crippen LogP contribution in [-0.4, -0.2) is 30.2 Å². The highest BCUT2D eigenvalue weighted by Gasteiger charge is 2.43. The van der Waals surface area contributed by atoms with Crippen LogP contribution in [0.25, 0.3) is 0 Å². The van der Waals surface area contributed by atoms with Gasteiger partial charge in [0, 0.05) is 5.57 Å². The second-order valence-electron chi connectivity index (χ2n) is 2.43. The predicted molar refractivity (Wildman–Crippen MR) is 36.1 cm³/mol. The summed E-state index contributed by atoms with van der Waals surface area (Å²) >= 11 is 0. The summed E-state index contributed by atoms with van der Waals surface area (Å²) in [5.74, 6) is -5.83. The molecular weight excluding hydrogens is 170 g/mol. The van der Waals surface area contributed by atoms with Crippen LogP contribution in [0.4, 0.5) is 8.78 Å². The number of ether oxygens (including phenoxy) is 1. The van der Waals surface area contributed by atoms with Gasteiger partial charge in [-0.05, 0) is 6.42 Å². The van der Waals surface area contributed by atoms with Crippen LogP contribution in [0.2, 0.25) is 0 Å². The summed E-state index contributed by atoms with van der Waals surface area (Å²) in [6.45, 7) is 0.229. The fourth-order valence-electron chi connectivity index (χ4n) is 0.950. The minimum atomic E-state index is -3.73. The fraction of sp³-hybridized carbons (Fsp3) is 0.571. The maximum Gasteiger partial charge on any atom is 0.379 e. The van der Waals surface area contributed by atoms with Gasteiger partial charge in [0.15, 0.2) is 0 Å². The van der Waals surface area contributed by atoms with Gasteiger partial charge >= 0.3 is 11.9 Å². The van der Waals surface area contributed by atoms with Crippen LogP contribution in [0.5, 0.6) is 0 Å². The zero-order valence-corrected chi connectivity index (χ0v) is 6.22. The topological polar surface area (TPSA) is 46.5 Å². The molecule has 0 saturated carbocycles. The van der Waals surface area contributed by atoms with Crippen molar-refractivity contribution in [2.24, 2.45) is 0 Å². The van der Waals surface area contributed by atoms with Gasteiger partial charge in [0.2, 0.25) is 0 Å². The molecule has 1 aliphatic rings. The lowest BCUT2D eigenvalue weighted by Gasteiger charge is -2.18. The van der Waals surface area contributed by atoms with Crippen molar-refractivity contribution in [3.63, 3.8) is 0 Å². The van der Waals surface area contributed by atoms with E-state index in [2.05, 4.69) is 0 Å². The maximum absolute atomic E-state index is 12.7. The first-order valence-electron chi connectivity index (χ1n) is 3.43. The summed E-state index contributed by atoms with van der Waals surface area (Å²) < 4.78 is 30.2. The molecule has 0 aliphatic carbocycles. The molecular formula is C7H8F2O3. The summed E-state index contributed by atoms with van der Waals surface area (Å²) in [6, 6.07) is 0. The van der Waals surface area contributed by atoms with Crippen molar-refractivity contribution >= 4 is 5.97 Å². The van der Waals surface area contributed by atoms with Gasteiger partial charge in [-0.3, -0.25) is 0 Å². The van der Waals surface area contributed by atoms with Gasteiger partial charge < -0.3 is 9.84 Å². The minimum absolute atomic E-state index is 0.0146. The fourth-order valence-corrected chi connectivity index (χ4v) is 0.950. The van der Waals surface area contributed by atoms with E-state index in [1.807, 2.05) is 0 Å². The Hall–Kier alpha value is -0.970. The summed E-state index contributed by atoms with van der Waals surface area (Å²) in [7, 11) is 0. The quantitative estimate of drug-likeness (QED) is 0.643. The Balaban J connectivity index is 2.79. The molecule has 12 heavy (non-hydrogen) atoms. The number of hydrogen-bond donors (Lipinski definition) is 1. The minimum Gasteiger partial charge on any atom is -0.477 e. The number of carbonyl (C=O) groups is 1. The Morgan fingerprint density at radius 2 is 2.33 bits per heavy atom. The van der Waals surface area contributed by atoms with Crippen LogP contribution in [-0.2, 0) is 9.53 Å². The van der Waals surface area contributed by atoms with Crippen LogP contribution < -0.4 is 0 Å². The van der Waals surface area contributed by atoms with Gasteiger partial charge in [-0.2, -0.15) is 8.78 Å². The second kappa shape index (κ2) is 3.18. The molecule has 0 radical (unpaired) electrons. The first-order chi connectivity index (χ1) is 5.55. The van der Waals surface area contributed by atoms with E-state index in [4.69, 9.17) is 9.84 Å². The molecule has 0 atom stereocenters. The molecule has 0 amide bonds. The Kier molecular flexibility index (Phi) is 2.42. The van der Waals surface area contributed by atoms with Crippen LogP contribution in [0.3, 0.4) is 0 Å². The third-order valence-corrected chi connectivity index (χ3v) is 1.64. The molecule has 0 aromatic rings. The molecule has 1 heterocycles. The third kappa shape index (κ3) is 1.61. The number of carboxylic acids is 1. The van der Waals surface area contributed by atoms with Crippen molar-refractivity contribution in [2.45, 2.75) is 12.3 Å². The van der Waals surface area contributed by atoms with Crippen LogP contribution >= 0.6 is 0 Å². The second-order valence-corrected chi connectivity index (χ2v) is 2.43. The molecule has 68 valence electrons. The van der Waals surface area contributed by atoms with Gasteiger partial charge in [-0.25, -0.2) is 4.79 Å². The van der Waals surface area contributed by atoms with Crippen molar-refractivity contribution in [2.75, 3.05) is 13.2 Å². The average Bonchev–Trinajstić information content (AvgIpc) is 2.06. The van der Waals surface area contributed by atoms with E-state index in [1.54, 1.807) is 0 Å². The van der Waals surface area contributed by atoms with E-state index in [0.717, 1.165) is 6.08 Å². The molecule has 1 aliphatic heterocycles. The smallest absolute Gasteiger partial charge is 0.379 e. The highest BCUT2D eigenvalue weighted by Crippen LogP contribution is 2.28. The lowest BCUT2D eigenvalue weighted by Crippen LogP contribution is -2.32. The van der Waals surface area contributed by atoms with E-state index in [-0.39, 0.29) is 25.2 Å². The predicted octanol–water partition coefficient (Wildman–Crippen LogP) is 1.05. The Bertz CT molecular complexity index is 223. The molecule has 0 unspecified atom stereocenters. The Labute approximate surface area is 67.6 Å². The molecule has 5 heteroatoms. The zero-order chi connectivity index (χ0) is 9.19. The van der Waals surface area contributed by atoms with Gasteiger partial charge in [0.1, 0.15) is 0 Å². The number of halogens is 2. The Morgan fingerprint density at radius 1 is 1.67 bits per heavy atom. The van der Waals surface area contributed by atoms with E-state index in [9.17, 15) is 13.6 Å². The van der Waals surface area contributed by atoms with E-state index >= 15 is 0 Å². The van der Waals surface area contributed by atoms with E-state index in [1.165, 1.54) is 0 Å². The number of carboxylic acid groups (broad SMARTS) is 1. The van der Waals surface area contributed by atoms with Crippen molar-refractivity contribution in [1.29, 1.82) is 0 Å².